The number of nitrogens with two attached hydrogens (primary N) is 1. The quantitative estimate of drug-likeness (QED) is 0.398. The van der Waals surface area contributed by atoms with Crippen LogP contribution in [-0.2, 0) is 11.3 Å². The van der Waals surface area contributed by atoms with Crippen molar-refractivity contribution in [3.05, 3.63) is 63.9 Å². The van der Waals surface area contributed by atoms with E-state index in [2.05, 4.69) is 25.3 Å². The summed E-state index contributed by atoms with van der Waals surface area (Å²) in [5, 5.41) is 3.88. The predicted octanol–water partition coefficient (Wildman–Crippen LogP) is 2.87. The number of halogens is 1. The second-order valence-corrected chi connectivity index (χ2v) is 9.44. The fraction of sp³-hybridized carbons (Fsp3) is 0.308. The molecule has 0 saturated carbocycles. The predicted molar refractivity (Wildman–Crippen MR) is 143 cm³/mol. The number of carbonyl (C=O) groups excluding carboxylic acids is 1. The molecule has 1 atom stereocenters. The van der Waals surface area contributed by atoms with E-state index in [0.717, 1.165) is 24.1 Å². The Morgan fingerprint density at radius 1 is 1.19 bits per heavy atom. The van der Waals surface area contributed by atoms with E-state index < -0.39 is 0 Å². The van der Waals surface area contributed by atoms with Crippen LogP contribution in [0.5, 0.6) is 0 Å². The zero-order valence-corrected chi connectivity index (χ0v) is 21.4. The maximum Gasteiger partial charge on any atom is 0.260 e. The molecule has 1 aliphatic heterocycles. The first-order valence-electron chi connectivity index (χ1n) is 12.1. The van der Waals surface area contributed by atoms with E-state index in [0.29, 0.717) is 51.9 Å². The Morgan fingerprint density at radius 3 is 2.76 bits per heavy atom. The molecule has 190 valence electrons. The largest absolute Gasteiger partial charge is 0.357 e. The highest BCUT2D eigenvalue weighted by Gasteiger charge is 2.28. The highest BCUT2D eigenvalue weighted by Crippen LogP contribution is 2.31. The van der Waals surface area contributed by atoms with Gasteiger partial charge < -0.3 is 16.0 Å². The van der Waals surface area contributed by atoms with Crippen LogP contribution in [0.25, 0.3) is 33.4 Å². The van der Waals surface area contributed by atoms with Gasteiger partial charge in [-0.1, -0.05) is 23.7 Å². The number of carbonyl (C=O) groups is 1. The Hall–Kier alpha value is -3.89. The summed E-state index contributed by atoms with van der Waals surface area (Å²) in [6.45, 7) is 2.72. The molecule has 37 heavy (non-hydrogen) atoms. The van der Waals surface area contributed by atoms with Gasteiger partial charge in [-0.3, -0.25) is 19.1 Å². The first-order valence-corrected chi connectivity index (χ1v) is 12.4. The maximum absolute atomic E-state index is 13.8. The lowest BCUT2D eigenvalue weighted by Crippen LogP contribution is -2.43. The third kappa shape index (κ3) is 4.77. The van der Waals surface area contributed by atoms with Gasteiger partial charge >= 0.3 is 0 Å². The van der Waals surface area contributed by atoms with Crippen LogP contribution in [0.3, 0.4) is 0 Å². The van der Waals surface area contributed by atoms with Crippen LogP contribution < -0.4 is 16.6 Å². The van der Waals surface area contributed by atoms with E-state index >= 15 is 0 Å². The van der Waals surface area contributed by atoms with Gasteiger partial charge in [-0.15, -0.1) is 0 Å². The monoisotopic (exact) mass is 518 g/mol. The zero-order valence-electron chi connectivity index (χ0n) is 20.6. The van der Waals surface area contributed by atoms with Gasteiger partial charge in [0.05, 0.1) is 17.6 Å². The molecule has 4 heterocycles. The van der Waals surface area contributed by atoms with Crippen molar-refractivity contribution >= 4 is 34.5 Å². The van der Waals surface area contributed by atoms with Crippen molar-refractivity contribution in [3.8, 4) is 22.4 Å². The van der Waals surface area contributed by atoms with Crippen LogP contribution >= 0.6 is 11.6 Å². The molecule has 0 radical (unpaired) electrons. The first-order chi connectivity index (χ1) is 17.9. The summed E-state index contributed by atoms with van der Waals surface area (Å²) in [5.41, 5.74) is 9.03. The standard InChI is InChI=1S/C26H27ClN8O2/c1-15-11-30-13-22(32-15)16-5-6-19(21(27)9-16)20-8-17-12-31-26(29-2)33-24(17)35(25(20)37)14-23(36)34-7-3-4-18(34)10-28/h5-6,8-9,11-13,18H,3-4,7,10,14,28H2,1-2H3,(H,29,31,33)/t18-/m1/s1. The molecule has 4 aromatic rings. The summed E-state index contributed by atoms with van der Waals surface area (Å²) in [5.74, 6) is 0.182. The lowest BCUT2D eigenvalue weighted by Gasteiger charge is -2.24. The summed E-state index contributed by atoms with van der Waals surface area (Å²) >= 11 is 6.70. The molecule has 1 aliphatic rings. The molecule has 0 spiro atoms. The Morgan fingerprint density at radius 2 is 2.03 bits per heavy atom. The van der Waals surface area contributed by atoms with E-state index in [1.54, 1.807) is 48.7 Å². The van der Waals surface area contributed by atoms with E-state index in [4.69, 9.17) is 17.3 Å². The highest BCUT2D eigenvalue weighted by molar-refractivity contribution is 6.33. The molecule has 3 aromatic heterocycles. The fourth-order valence-electron chi connectivity index (χ4n) is 4.75. The van der Waals surface area contributed by atoms with E-state index in [1.165, 1.54) is 4.57 Å². The van der Waals surface area contributed by atoms with Crippen molar-refractivity contribution in [3.63, 3.8) is 0 Å². The van der Waals surface area contributed by atoms with Gasteiger partial charge in [0.1, 0.15) is 12.2 Å². The minimum atomic E-state index is -0.366. The number of pyridine rings is 1. The molecule has 0 bridgehead atoms. The lowest BCUT2D eigenvalue weighted by atomic mass is 10.0. The van der Waals surface area contributed by atoms with Crippen LogP contribution in [0.2, 0.25) is 5.02 Å². The van der Waals surface area contributed by atoms with Gasteiger partial charge in [0.15, 0.2) is 0 Å². The molecule has 5 rings (SSSR count). The molecule has 11 heteroatoms. The maximum atomic E-state index is 13.8. The zero-order chi connectivity index (χ0) is 26.1. The molecule has 1 saturated heterocycles. The van der Waals surface area contributed by atoms with Gasteiger partial charge in [0.2, 0.25) is 11.9 Å². The number of rotatable bonds is 6. The molecular formula is C26H27ClN8O2. The molecule has 1 fully saturated rings. The highest BCUT2D eigenvalue weighted by atomic mass is 35.5. The number of aromatic nitrogens is 5. The Labute approximate surface area is 218 Å². The summed E-state index contributed by atoms with van der Waals surface area (Å²) < 4.78 is 1.40. The fourth-order valence-corrected chi connectivity index (χ4v) is 5.03. The summed E-state index contributed by atoms with van der Waals surface area (Å²) in [4.78, 5) is 46.4. The topological polar surface area (TPSA) is 132 Å². The van der Waals surface area contributed by atoms with Crippen LogP contribution in [0.1, 0.15) is 18.5 Å². The Kier molecular flexibility index (Phi) is 6.86. The van der Waals surface area contributed by atoms with Crippen molar-refractivity contribution in [2.75, 3.05) is 25.5 Å². The molecule has 0 unspecified atom stereocenters. The third-order valence-corrected chi connectivity index (χ3v) is 6.94. The molecule has 10 nitrogen and oxygen atoms in total. The summed E-state index contributed by atoms with van der Waals surface area (Å²) in [6, 6.07) is 7.08. The number of hydrogen-bond acceptors (Lipinski definition) is 8. The number of likely N-dealkylation sites (tertiary alicyclic amines) is 1. The van der Waals surface area contributed by atoms with Crippen LogP contribution in [0.4, 0.5) is 5.95 Å². The summed E-state index contributed by atoms with van der Waals surface area (Å²) in [7, 11) is 1.69. The number of anilines is 1. The molecular weight excluding hydrogens is 492 g/mol. The number of aryl methyl sites for hydroxylation is 1. The van der Waals surface area contributed by atoms with Crippen molar-refractivity contribution < 1.29 is 4.79 Å². The molecule has 1 aromatic carbocycles. The summed E-state index contributed by atoms with van der Waals surface area (Å²) in [6.07, 6.45) is 6.72. The van der Waals surface area contributed by atoms with Gasteiger partial charge in [0, 0.05) is 65.7 Å². The number of nitrogens with one attached hydrogen (secondary N) is 1. The Bertz CT molecular complexity index is 1550. The smallest absolute Gasteiger partial charge is 0.260 e. The minimum Gasteiger partial charge on any atom is -0.357 e. The molecule has 1 amide bonds. The van der Waals surface area contributed by atoms with Crippen molar-refractivity contribution in [1.29, 1.82) is 0 Å². The molecule has 0 aliphatic carbocycles. The van der Waals surface area contributed by atoms with Gasteiger partial charge in [-0.25, -0.2) is 9.97 Å². The van der Waals surface area contributed by atoms with Gasteiger partial charge in [-0.2, -0.15) is 4.98 Å². The van der Waals surface area contributed by atoms with E-state index in [9.17, 15) is 9.59 Å². The lowest BCUT2D eigenvalue weighted by molar-refractivity contribution is -0.132. The van der Waals surface area contributed by atoms with Crippen LogP contribution in [0, 0.1) is 6.92 Å². The first kappa shape index (κ1) is 24.8. The molecule has 3 N–H and O–H groups in total. The van der Waals surface area contributed by atoms with Crippen molar-refractivity contribution in [2.24, 2.45) is 5.73 Å². The van der Waals surface area contributed by atoms with Crippen LogP contribution in [0.15, 0.2) is 47.7 Å². The Balaban J connectivity index is 1.62. The van der Waals surface area contributed by atoms with Crippen LogP contribution in [-0.4, -0.2) is 61.5 Å². The average molecular weight is 519 g/mol. The number of benzene rings is 1. The SMILES string of the molecule is CNc1ncc2cc(-c3ccc(-c4cncc(C)n4)cc3Cl)c(=O)n(CC(=O)N3CCC[C@@H]3CN)c2n1. The second-order valence-electron chi connectivity index (χ2n) is 9.03. The van der Waals surface area contributed by atoms with Gasteiger partial charge in [-0.05, 0) is 31.9 Å². The third-order valence-electron chi connectivity index (χ3n) is 6.62. The minimum absolute atomic E-state index is 0.0214. The number of amides is 1. The van der Waals surface area contributed by atoms with E-state index in [1.807, 2.05) is 13.0 Å². The number of nitrogens with zero attached hydrogens (tertiary/aromatic N) is 6. The van der Waals surface area contributed by atoms with Crippen molar-refractivity contribution in [1.82, 2.24) is 29.4 Å². The van der Waals surface area contributed by atoms with E-state index in [-0.39, 0.29) is 24.1 Å². The van der Waals surface area contributed by atoms with Crippen molar-refractivity contribution in [2.45, 2.75) is 32.4 Å². The average Bonchev–Trinajstić information content (AvgIpc) is 3.39. The number of fused-ring (bicyclic) bond motifs is 1. The van der Waals surface area contributed by atoms with Gasteiger partial charge in [0.25, 0.3) is 5.56 Å². The number of hydrogen-bond donors (Lipinski definition) is 2. The normalized spacial score (nSPS) is 15.4. The second kappa shape index (κ2) is 10.2.